The van der Waals surface area contributed by atoms with Crippen molar-refractivity contribution in [3.63, 3.8) is 0 Å². The Bertz CT molecular complexity index is 946. The summed E-state index contributed by atoms with van der Waals surface area (Å²) >= 11 is 1.29. The van der Waals surface area contributed by atoms with Crippen molar-refractivity contribution in [1.29, 1.82) is 5.39 Å². The summed E-state index contributed by atoms with van der Waals surface area (Å²) in [6.07, 6.45) is 0. The van der Waals surface area contributed by atoms with Crippen LogP contribution in [0.3, 0.4) is 0 Å². The Hall–Kier alpha value is -2.65. The Labute approximate surface area is 124 Å². The smallest absolute Gasteiger partial charge is 0.441 e. The third-order valence-corrected chi connectivity index (χ3v) is 4.61. The second-order valence-corrected chi connectivity index (χ2v) is 5.89. The fourth-order valence-corrected chi connectivity index (χ4v) is 3.35. The number of fused-ring (bicyclic) bond motifs is 1. The molecule has 6 heteroatoms. The molecule has 5 nitrogen and oxygen atoms in total. The lowest BCUT2D eigenvalue weighted by molar-refractivity contribution is -0.277. The normalized spacial score (nSPS) is 10.7. The summed E-state index contributed by atoms with van der Waals surface area (Å²) in [6, 6.07) is 9.74. The molecule has 0 N–H and O–H groups in total. The highest BCUT2D eigenvalue weighted by Crippen LogP contribution is 2.35. The van der Waals surface area contributed by atoms with Gasteiger partial charge in [-0.25, -0.2) is 0 Å². The minimum atomic E-state index is -0.594. The SMILES string of the molecule is Cc1ccc(-c2cc3c(s2)c(=O)c([N+]#N)c([O-])n3C)cc1. The van der Waals surface area contributed by atoms with E-state index in [-0.39, 0.29) is 0 Å². The van der Waals surface area contributed by atoms with Crippen LogP contribution in [0.15, 0.2) is 35.1 Å². The number of aromatic nitrogens is 1. The van der Waals surface area contributed by atoms with Crippen LogP contribution in [0, 0.1) is 12.3 Å². The second-order valence-electron chi connectivity index (χ2n) is 4.83. The van der Waals surface area contributed by atoms with Crippen molar-refractivity contribution in [2.24, 2.45) is 7.05 Å². The van der Waals surface area contributed by atoms with E-state index in [1.807, 2.05) is 37.3 Å². The van der Waals surface area contributed by atoms with Crippen molar-refractivity contribution in [1.82, 2.24) is 4.57 Å². The number of nitrogens with zero attached hydrogens (tertiary/aromatic N) is 3. The number of hydrogen-bond donors (Lipinski definition) is 0. The van der Waals surface area contributed by atoms with Gasteiger partial charge in [-0.15, -0.1) is 11.3 Å². The summed E-state index contributed by atoms with van der Waals surface area (Å²) in [5.41, 5.74) is 1.72. The molecule has 2 aromatic heterocycles. The molecule has 0 aliphatic heterocycles. The monoisotopic (exact) mass is 297 g/mol. The van der Waals surface area contributed by atoms with E-state index in [0.29, 0.717) is 10.2 Å². The number of thiophene rings is 1. The third kappa shape index (κ3) is 1.99. The lowest BCUT2D eigenvalue weighted by Gasteiger charge is -2.09. The minimum absolute atomic E-state index is 0.417. The average molecular weight is 297 g/mol. The molecule has 104 valence electrons. The zero-order valence-corrected chi connectivity index (χ0v) is 12.3. The standard InChI is InChI=1S/C15H11N3O2S/c1-8-3-5-9(6-4-8)11-7-10-14(21-11)13(19)12(17-16)15(20)18(10)2/h3-7H,1-2H3. The molecule has 0 atom stereocenters. The summed E-state index contributed by atoms with van der Waals surface area (Å²) < 4.78 is 1.75. The molecular formula is C15H11N3O2S. The van der Waals surface area contributed by atoms with Gasteiger partial charge in [0.05, 0.1) is 11.4 Å². The van der Waals surface area contributed by atoms with Crippen LogP contribution < -0.4 is 10.5 Å². The molecular weight excluding hydrogens is 286 g/mol. The first kappa shape index (κ1) is 13.3. The third-order valence-electron chi connectivity index (χ3n) is 3.44. The highest BCUT2D eigenvalue weighted by molar-refractivity contribution is 7.22. The highest BCUT2D eigenvalue weighted by atomic mass is 32.1. The Morgan fingerprint density at radius 2 is 1.95 bits per heavy atom. The molecule has 0 fully saturated rings. The summed E-state index contributed by atoms with van der Waals surface area (Å²) in [5.74, 6) is -0.594. The maximum absolute atomic E-state index is 12.2. The number of rotatable bonds is 1. The highest BCUT2D eigenvalue weighted by Gasteiger charge is 2.21. The van der Waals surface area contributed by atoms with E-state index in [1.54, 1.807) is 7.05 Å². The minimum Gasteiger partial charge on any atom is -0.854 e. The lowest BCUT2D eigenvalue weighted by atomic mass is 10.1. The zero-order valence-electron chi connectivity index (χ0n) is 11.5. The first-order chi connectivity index (χ1) is 10.0. The van der Waals surface area contributed by atoms with Gasteiger partial charge in [-0.3, -0.25) is 4.79 Å². The van der Waals surface area contributed by atoms with E-state index in [0.717, 1.165) is 16.0 Å². The van der Waals surface area contributed by atoms with Gasteiger partial charge < -0.3 is 9.67 Å². The Balaban J connectivity index is 2.33. The predicted octanol–water partition coefficient (Wildman–Crippen LogP) is 3.13. The van der Waals surface area contributed by atoms with Gasteiger partial charge in [-0.2, -0.15) is 0 Å². The van der Waals surface area contributed by atoms with Gasteiger partial charge >= 0.3 is 5.69 Å². The number of benzene rings is 1. The lowest BCUT2D eigenvalue weighted by Crippen LogP contribution is -2.11. The fourth-order valence-electron chi connectivity index (χ4n) is 2.21. The summed E-state index contributed by atoms with van der Waals surface area (Å²) in [4.78, 5) is 15.9. The number of diazo groups is 1. The Kier molecular flexibility index (Phi) is 3.00. The van der Waals surface area contributed by atoms with Crippen molar-refractivity contribution >= 4 is 27.2 Å². The van der Waals surface area contributed by atoms with E-state index in [9.17, 15) is 9.90 Å². The van der Waals surface area contributed by atoms with Gasteiger partial charge in [0.15, 0.2) is 4.98 Å². The average Bonchev–Trinajstić information content (AvgIpc) is 2.92. The molecule has 3 aromatic rings. The van der Waals surface area contributed by atoms with E-state index in [2.05, 4.69) is 4.98 Å². The molecule has 0 aliphatic rings. The molecule has 0 radical (unpaired) electrons. The maximum atomic E-state index is 12.2. The van der Waals surface area contributed by atoms with Crippen molar-refractivity contribution in [3.8, 4) is 16.3 Å². The van der Waals surface area contributed by atoms with Crippen molar-refractivity contribution in [2.75, 3.05) is 0 Å². The van der Waals surface area contributed by atoms with E-state index in [4.69, 9.17) is 5.39 Å². The largest absolute Gasteiger partial charge is 0.854 e. The number of aryl methyl sites for hydroxylation is 2. The van der Waals surface area contributed by atoms with Crippen LogP contribution in [0.4, 0.5) is 5.69 Å². The molecule has 1 aromatic carbocycles. The molecule has 3 rings (SSSR count). The van der Waals surface area contributed by atoms with Gasteiger partial charge in [0.25, 0.3) is 5.43 Å². The van der Waals surface area contributed by atoms with E-state index < -0.39 is 17.0 Å². The summed E-state index contributed by atoms with van der Waals surface area (Å²) in [7, 11) is 1.56. The van der Waals surface area contributed by atoms with Gasteiger partial charge in [-0.05, 0) is 18.6 Å². The van der Waals surface area contributed by atoms with Crippen molar-refractivity contribution < 1.29 is 5.11 Å². The van der Waals surface area contributed by atoms with Crippen LogP contribution >= 0.6 is 11.3 Å². The molecule has 0 amide bonds. The van der Waals surface area contributed by atoms with Crippen LogP contribution in [-0.2, 0) is 7.05 Å². The van der Waals surface area contributed by atoms with Gasteiger partial charge in [-0.1, -0.05) is 29.8 Å². The Morgan fingerprint density at radius 1 is 1.29 bits per heavy atom. The number of hydrogen-bond acceptors (Lipinski definition) is 4. The van der Waals surface area contributed by atoms with Gasteiger partial charge in [0.2, 0.25) is 5.39 Å². The van der Waals surface area contributed by atoms with Crippen LogP contribution in [0.5, 0.6) is 5.88 Å². The first-order valence-electron chi connectivity index (χ1n) is 6.28. The van der Waals surface area contributed by atoms with Crippen LogP contribution in [0.2, 0.25) is 0 Å². The molecule has 0 unspecified atom stereocenters. The zero-order chi connectivity index (χ0) is 15.1. The van der Waals surface area contributed by atoms with Crippen molar-refractivity contribution in [2.45, 2.75) is 6.92 Å². The first-order valence-corrected chi connectivity index (χ1v) is 7.10. The quantitative estimate of drug-likeness (QED) is 0.648. The number of pyridine rings is 1. The van der Waals surface area contributed by atoms with Gasteiger partial charge in [0, 0.05) is 11.9 Å². The van der Waals surface area contributed by atoms with Crippen LogP contribution in [-0.4, -0.2) is 4.57 Å². The predicted molar refractivity (Wildman–Crippen MR) is 81.4 cm³/mol. The van der Waals surface area contributed by atoms with Crippen molar-refractivity contribution in [3.05, 3.63) is 51.1 Å². The fraction of sp³-hybridized carbons (Fsp3) is 0.133. The second kappa shape index (κ2) is 4.72. The molecule has 0 spiro atoms. The topological polar surface area (TPSA) is 73.2 Å². The van der Waals surface area contributed by atoms with E-state index >= 15 is 0 Å². The summed E-state index contributed by atoms with van der Waals surface area (Å²) in [6.45, 7) is 2.00. The van der Waals surface area contributed by atoms with Crippen LogP contribution in [0.25, 0.3) is 25.6 Å². The maximum Gasteiger partial charge on any atom is 0.441 e. The molecule has 2 heterocycles. The molecule has 21 heavy (non-hydrogen) atoms. The molecule has 0 saturated heterocycles. The molecule has 0 saturated carbocycles. The van der Waals surface area contributed by atoms with Crippen LogP contribution in [0.1, 0.15) is 5.56 Å². The Morgan fingerprint density at radius 3 is 2.57 bits per heavy atom. The molecule has 0 bridgehead atoms. The molecule has 0 aliphatic carbocycles. The van der Waals surface area contributed by atoms with Gasteiger partial charge in [0.1, 0.15) is 4.70 Å². The van der Waals surface area contributed by atoms with E-state index in [1.165, 1.54) is 15.9 Å². The summed E-state index contributed by atoms with van der Waals surface area (Å²) in [5, 5.41) is 20.8.